The largest absolute Gasteiger partial charge is 0.444 e. The highest BCUT2D eigenvalue weighted by molar-refractivity contribution is 14.1. The molecule has 4 nitrogen and oxygen atoms in total. The minimum Gasteiger partial charge on any atom is -0.444 e. The van der Waals surface area contributed by atoms with E-state index in [4.69, 9.17) is 9.47 Å². The molecule has 0 aromatic rings. The number of alkyl halides is 1. The quantitative estimate of drug-likeness (QED) is 0.413. The van der Waals surface area contributed by atoms with Crippen molar-refractivity contribution in [3.63, 3.8) is 0 Å². The number of carbonyl (C=O) groups is 1. The first-order valence-corrected chi connectivity index (χ1v) is 9.47. The van der Waals surface area contributed by atoms with Crippen LogP contribution < -0.4 is 5.32 Å². The molecule has 0 aromatic carbocycles. The fourth-order valence-electron chi connectivity index (χ4n) is 2.46. The molecular formula is C16H30INO3. The van der Waals surface area contributed by atoms with E-state index in [2.05, 4.69) is 34.8 Å². The third-order valence-electron chi connectivity index (χ3n) is 3.54. The fraction of sp³-hybridized carbons (Fsp3) is 0.938. The van der Waals surface area contributed by atoms with Crippen molar-refractivity contribution in [1.82, 2.24) is 5.32 Å². The first-order valence-electron chi connectivity index (χ1n) is 7.95. The van der Waals surface area contributed by atoms with E-state index in [1.807, 2.05) is 20.8 Å². The van der Waals surface area contributed by atoms with Crippen LogP contribution in [-0.2, 0) is 9.47 Å². The highest BCUT2D eigenvalue weighted by Crippen LogP contribution is 2.25. The molecule has 1 atom stereocenters. The molecule has 0 spiro atoms. The molecule has 21 heavy (non-hydrogen) atoms. The zero-order valence-corrected chi connectivity index (χ0v) is 16.0. The number of carbonyl (C=O) groups excluding carboxylic acids is 1. The van der Waals surface area contributed by atoms with Gasteiger partial charge in [0.15, 0.2) is 0 Å². The zero-order valence-electron chi connectivity index (χ0n) is 13.8. The maximum atomic E-state index is 11.8. The smallest absolute Gasteiger partial charge is 0.407 e. The highest BCUT2D eigenvalue weighted by Gasteiger charge is 2.29. The van der Waals surface area contributed by atoms with Crippen molar-refractivity contribution in [3.8, 4) is 0 Å². The molecule has 1 N–H and O–H groups in total. The molecule has 0 saturated heterocycles. The second kappa shape index (κ2) is 8.56. The summed E-state index contributed by atoms with van der Waals surface area (Å²) in [5.41, 5.74) is -0.792. The van der Waals surface area contributed by atoms with Gasteiger partial charge in [-0.3, -0.25) is 0 Å². The Balaban J connectivity index is 2.45. The number of halogens is 1. The number of rotatable bonds is 5. The molecular weight excluding hydrogens is 381 g/mol. The van der Waals surface area contributed by atoms with Gasteiger partial charge in [-0.25, -0.2) is 4.79 Å². The fourth-order valence-corrected chi connectivity index (χ4v) is 2.91. The second-order valence-corrected chi connectivity index (χ2v) is 7.93. The monoisotopic (exact) mass is 411 g/mol. The third-order valence-corrected chi connectivity index (χ3v) is 5.16. The minimum atomic E-state index is -0.465. The average molecular weight is 411 g/mol. The molecule has 0 heterocycles. The summed E-state index contributed by atoms with van der Waals surface area (Å²) in [7, 11) is 0. The van der Waals surface area contributed by atoms with Gasteiger partial charge in [-0.15, -0.1) is 0 Å². The maximum Gasteiger partial charge on any atom is 0.407 e. The van der Waals surface area contributed by atoms with Crippen LogP contribution in [0.25, 0.3) is 0 Å². The van der Waals surface area contributed by atoms with E-state index in [-0.39, 0.29) is 11.7 Å². The molecule has 1 fully saturated rings. The van der Waals surface area contributed by atoms with E-state index in [0.29, 0.717) is 12.6 Å². The van der Waals surface area contributed by atoms with Gasteiger partial charge in [0.25, 0.3) is 0 Å². The third kappa shape index (κ3) is 8.24. The molecule has 5 heteroatoms. The number of alkyl carbamates (subject to hydrolysis) is 1. The Morgan fingerprint density at radius 1 is 1.14 bits per heavy atom. The van der Waals surface area contributed by atoms with Gasteiger partial charge < -0.3 is 14.8 Å². The molecule has 1 aliphatic carbocycles. The van der Waals surface area contributed by atoms with Crippen molar-refractivity contribution < 1.29 is 14.3 Å². The number of ether oxygens (including phenoxy) is 2. The number of amides is 1. The van der Waals surface area contributed by atoms with Crippen LogP contribution >= 0.6 is 22.6 Å². The van der Waals surface area contributed by atoms with E-state index < -0.39 is 5.60 Å². The van der Waals surface area contributed by atoms with Gasteiger partial charge in [-0.2, -0.15) is 0 Å². The number of hydrogen-bond donors (Lipinski definition) is 1. The summed E-state index contributed by atoms with van der Waals surface area (Å²) in [5, 5.41) is 2.84. The van der Waals surface area contributed by atoms with Gasteiger partial charge >= 0.3 is 6.09 Å². The number of nitrogens with one attached hydrogen (secondary N) is 1. The van der Waals surface area contributed by atoms with Gasteiger partial charge in [0.1, 0.15) is 5.60 Å². The van der Waals surface area contributed by atoms with Crippen LogP contribution in [0.5, 0.6) is 0 Å². The summed E-state index contributed by atoms with van der Waals surface area (Å²) in [6.07, 6.45) is 7.37. The van der Waals surface area contributed by atoms with Crippen LogP contribution in [0.15, 0.2) is 0 Å². The van der Waals surface area contributed by atoms with Gasteiger partial charge in [0.2, 0.25) is 0 Å². The molecule has 124 valence electrons. The Kier molecular flexibility index (Phi) is 7.74. The molecule has 0 bridgehead atoms. The first kappa shape index (κ1) is 19.0. The van der Waals surface area contributed by atoms with E-state index in [0.717, 1.165) is 17.3 Å². The lowest BCUT2D eigenvalue weighted by atomic mass is 10.1. The lowest BCUT2D eigenvalue weighted by Gasteiger charge is -2.33. The second-order valence-electron chi connectivity index (χ2n) is 7.17. The lowest BCUT2D eigenvalue weighted by molar-refractivity contribution is -0.0706. The van der Waals surface area contributed by atoms with Crippen LogP contribution in [0, 0.1) is 0 Å². The maximum absolute atomic E-state index is 11.8. The minimum absolute atomic E-state index is 0.327. The van der Waals surface area contributed by atoms with E-state index in [1.165, 1.54) is 25.7 Å². The van der Waals surface area contributed by atoms with Gasteiger partial charge in [-0.1, -0.05) is 48.3 Å². The van der Waals surface area contributed by atoms with E-state index in [9.17, 15) is 4.79 Å². The van der Waals surface area contributed by atoms with Gasteiger partial charge in [-0.05, 0) is 40.5 Å². The Hall–Kier alpha value is -0.0400. The molecule has 0 aliphatic heterocycles. The SMILES string of the molecule is CC(C)(C)OC(=O)NCC(C)(CI)OC1CCCCCC1. The van der Waals surface area contributed by atoms with Crippen molar-refractivity contribution in [2.24, 2.45) is 0 Å². The number of hydrogen-bond acceptors (Lipinski definition) is 3. The van der Waals surface area contributed by atoms with Crippen LogP contribution in [-0.4, -0.2) is 34.4 Å². The topological polar surface area (TPSA) is 47.6 Å². The Morgan fingerprint density at radius 3 is 2.19 bits per heavy atom. The van der Waals surface area contributed by atoms with Gasteiger partial charge in [0, 0.05) is 4.43 Å². The molecule has 1 rings (SSSR count). The molecule has 1 saturated carbocycles. The molecule has 1 amide bonds. The van der Waals surface area contributed by atoms with E-state index >= 15 is 0 Å². The Morgan fingerprint density at radius 2 is 1.71 bits per heavy atom. The van der Waals surface area contributed by atoms with E-state index in [1.54, 1.807) is 0 Å². The van der Waals surface area contributed by atoms with Crippen molar-refractivity contribution in [3.05, 3.63) is 0 Å². The van der Waals surface area contributed by atoms with Crippen LogP contribution in [0.3, 0.4) is 0 Å². The molecule has 0 radical (unpaired) electrons. The Labute approximate surface area is 142 Å². The lowest BCUT2D eigenvalue weighted by Crippen LogP contribution is -2.47. The average Bonchev–Trinajstić information content (AvgIpc) is 2.63. The van der Waals surface area contributed by atoms with Gasteiger partial charge in [0.05, 0.1) is 18.2 Å². The molecule has 1 unspecified atom stereocenters. The van der Waals surface area contributed by atoms with Crippen LogP contribution in [0.4, 0.5) is 4.79 Å². The molecule has 1 aliphatic rings. The summed E-state index contributed by atoms with van der Waals surface area (Å²) in [5.74, 6) is 0. The van der Waals surface area contributed by atoms with Crippen LogP contribution in [0.2, 0.25) is 0 Å². The van der Waals surface area contributed by atoms with Crippen molar-refractivity contribution in [2.75, 3.05) is 11.0 Å². The summed E-state index contributed by atoms with van der Waals surface area (Å²) >= 11 is 2.33. The van der Waals surface area contributed by atoms with Crippen molar-refractivity contribution >= 4 is 28.7 Å². The zero-order chi connectivity index (χ0) is 15.9. The first-order chi connectivity index (χ1) is 9.74. The Bertz CT molecular complexity index is 322. The van der Waals surface area contributed by atoms with Crippen molar-refractivity contribution in [2.45, 2.75) is 83.5 Å². The summed E-state index contributed by atoms with van der Waals surface area (Å²) in [4.78, 5) is 11.8. The highest BCUT2D eigenvalue weighted by atomic mass is 127. The summed E-state index contributed by atoms with van der Waals surface area (Å²) in [6, 6.07) is 0. The van der Waals surface area contributed by atoms with Crippen LogP contribution in [0.1, 0.15) is 66.2 Å². The molecule has 0 aromatic heterocycles. The summed E-state index contributed by atoms with van der Waals surface area (Å²) < 4.78 is 12.4. The summed E-state index contributed by atoms with van der Waals surface area (Å²) in [6.45, 7) is 8.16. The predicted molar refractivity (Wildman–Crippen MR) is 94.1 cm³/mol. The normalized spacial score (nSPS) is 20.4. The standard InChI is InChI=1S/C16H30INO3/c1-15(2,3)21-14(19)18-12-16(4,11-17)20-13-9-7-5-6-8-10-13/h13H,5-12H2,1-4H3,(H,18,19). The van der Waals surface area contributed by atoms with Crippen molar-refractivity contribution in [1.29, 1.82) is 0 Å². The predicted octanol–water partition coefficient (Wildman–Crippen LogP) is 4.44.